The molecule has 16 heavy (non-hydrogen) atoms. The van der Waals surface area contributed by atoms with Crippen LogP contribution >= 0.6 is 15.9 Å². The molecule has 0 radical (unpaired) electrons. The van der Waals surface area contributed by atoms with E-state index in [9.17, 15) is 0 Å². The molecule has 1 aliphatic carbocycles. The second kappa shape index (κ2) is 5.03. The molecule has 4 nitrogen and oxygen atoms in total. The lowest BCUT2D eigenvalue weighted by Crippen LogP contribution is -2.03. The number of hydrogen-bond donors (Lipinski definition) is 1. The third-order valence-electron chi connectivity index (χ3n) is 2.35. The molecule has 0 amide bonds. The highest BCUT2D eigenvalue weighted by atomic mass is 79.9. The van der Waals surface area contributed by atoms with Crippen LogP contribution in [0.1, 0.15) is 18.4 Å². The van der Waals surface area contributed by atoms with Gasteiger partial charge >= 0.3 is 0 Å². The van der Waals surface area contributed by atoms with Gasteiger partial charge in [-0.25, -0.2) is 5.90 Å². The fourth-order valence-corrected chi connectivity index (χ4v) is 2.00. The predicted molar refractivity (Wildman–Crippen MR) is 63.3 cm³/mol. The average Bonchev–Trinajstić information content (AvgIpc) is 3.06. The van der Waals surface area contributed by atoms with Crippen molar-refractivity contribution in [3.05, 3.63) is 22.2 Å². The molecule has 88 valence electrons. The Hall–Kier alpha value is -0.780. The maximum Gasteiger partial charge on any atom is 0.175 e. The first-order chi connectivity index (χ1) is 7.74. The van der Waals surface area contributed by atoms with Crippen LogP contribution in [0, 0.1) is 0 Å². The summed E-state index contributed by atoms with van der Waals surface area (Å²) >= 11 is 3.46. The van der Waals surface area contributed by atoms with Gasteiger partial charge in [-0.1, -0.05) is 0 Å². The van der Waals surface area contributed by atoms with E-state index >= 15 is 0 Å². The molecule has 0 heterocycles. The van der Waals surface area contributed by atoms with Crippen molar-refractivity contribution in [3.63, 3.8) is 0 Å². The molecular weight excluding hydrogens is 274 g/mol. The van der Waals surface area contributed by atoms with Crippen molar-refractivity contribution >= 4 is 15.9 Å². The molecule has 1 aromatic rings. The quantitative estimate of drug-likeness (QED) is 0.845. The highest BCUT2D eigenvalue weighted by Crippen LogP contribution is 2.40. The van der Waals surface area contributed by atoms with E-state index in [0.717, 1.165) is 28.6 Å². The minimum atomic E-state index is 0.335. The second-order valence-electron chi connectivity index (χ2n) is 3.74. The Bertz CT molecular complexity index is 380. The molecule has 5 heteroatoms. The summed E-state index contributed by atoms with van der Waals surface area (Å²) in [6.07, 6.45) is 2.56. The fourth-order valence-electron chi connectivity index (χ4n) is 1.42. The van der Waals surface area contributed by atoms with Gasteiger partial charge in [-0.15, -0.1) is 0 Å². The minimum absolute atomic E-state index is 0.335. The van der Waals surface area contributed by atoms with Crippen LogP contribution in [-0.2, 0) is 11.4 Å². The van der Waals surface area contributed by atoms with Crippen molar-refractivity contribution in [2.45, 2.75) is 25.6 Å². The molecule has 2 N–H and O–H groups in total. The van der Waals surface area contributed by atoms with E-state index in [2.05, 4.69) is 20.8 Å². The largest absolute Gasteiger partial charge is 0.493 e. The minimum Gasteiger partial charge on any atom is -0.493 e. The first-order valence-electron chi connectivity index (χ1n) is 5.09. The van der Waals surface area contributed by atoms with Gasteiger partial charge in [-0.05, 0) is 46.5 Å². The molecule has 1 aromatic carbocycles. The van der Waals surface area contributed by atoms with Crippen molar-refractivity contribution in [1.82, 2.24) is 0 Å². The monoisotopic (exact) mass is 287 g/mol. The first kappa shape index (κ1) is 11.7. The zero-order valence-electron chi connectivity index (χ0n) is 9.03. The molecule has 0 aliphatic heterocycles. The van der Waals surface area contributed by atoms with Crippen molar-refractivity contribution < 1.29 is 14.3 Å². The van der Waals surface area contributed by atoms with Gasteiger partial charge in [0.2, 0.25) is 0 Å². The van der Waals surface area contributed by atoms with Crippen molar-refractivity contribution in [3.8, 4) is 11.5 Å². The summed E-state index contributed by atoms with van der Waals surface area (Å²) < 4.78 is 11.9. The summed E-state index contributed by atoms with van der Waals surface area (Å²) in [6.45, 7) is 0.346. The van der Waals surface area contributed by atoms with E-state index in [-0.39, 0.29) is 0 Å². The second-order valence-corrected chi connectivity index (χ2v) is 4.59. The molecule has 0 spiro atoms. The van der Waals surface area contributed by atoms with Crippen LogP contribution in [0.5, 0.6) is 11.5 Å². The number of halogens is 1. The molecule has 0 unspecified atom stereocenters. The lowest BCUT2D eigenvalue weighted by molar-refractivity contribution is 0.124. The molecule has 0 saturated heterocycles. The number of rotatable bonds is 5. The maximum atomic E-state index is 5.77. The summed E-state index contributed by atoms with van der Waals surface area (Å²) in [5.74, 6) is 6.50. The van der Waals surface area contributed by atoms with Crippen molar-refractivity contribution in [2.75, 3.05) is 7.11 Å². The Kier molecular flexibility index (Phi) is 3.68. The van der Waals surface area contributed by atoms with Crippen LogP contribution in [0.15, 0.2) is 16.6 Å². The third kappa shape index (κ3) is 2.66. The molecule has 0 bridgehead atoms. The van der Waals surface area contributed by atoms with Crippen LogP contribution in [-0.4, -0.2) is 13.2 Å². The predicted octanol–water partition coefficient (Wildman–Crippen LogP) is 2.39. The van der Waals surface area contributed by atoms with Gasteiger partial charge < -0.3 is 9.47 Å². The van der Waals surface area contributed by atoms with Crippen LogP contribution < -0.4 is 15.4 Å². The SMILES string of the molecule is COc1cc(CON)cc(Br)c1OC1CC1. The molecule has 1 fully saturated rings. The van der Waals surface area contributed by atoms with Gasteiger partial charge in [0.15, 0.2) is 11.5 Å². The van der Waals surface area contributed by atoms with Crippen LogP contribution in [0.2, 0.25) is 0 Å². The van der Waals surface area contributed by atoms with E-state index in [1.54, 1.807) is 7.11 Å². The van der Waals surface area contributed by atoms with Crippen LogP contribution in [0.3, 0.4) is 0 Å². The number of methoxy groups -OCH3 is 1. The zero-order valence-corrected chi connectivity index (χ0v) is 10.6. The smallest absolute Gasteiger partial charge is 0.175 e. The van der Waals surface area contributed by atoms with Crippen molar-refractivity contribution in [2.24, 2.45) is 5.90 Å². The maximum absolute atomic E-state index is 5.77. The van der Waals surface area contributed by atoms with Gasteiger partial charge in [0, 0.05) is 0 Å². The van der Waals surface area contributed by atoms with E-state index < -0.39 is 0 Å². The molecule has 1 aliphatic rings. The number of benzene rings is 1. The van der Waals surface area contributed by atoms with Gasteiger partial charge in [0.1, 0.15) is 0 Å². The molecule has 0 aromatic heterocycles. The molecule has 0 atom stereocenters. The first-order valence-corrected chi connectivity index (χ1v) is 5.88. The summed E-state index contributed by atoms with van der Waals surface area (Å²) in [7, 11) is 1.62. The topological polar surface area (TPSA) is 53.7 Å². The number of hydrogen-bond acceptors (Lipinski definition) is 4. The lowest BCUT2D eigenvalue weighted by atomic mass is 10.2. The standard InChI is InChI=1S/C11H14BrNO3/c1-14-10-5-7(6-15-13)4-9(12)11(10)16-8-2-3-8/h4-5,8H,2-3,6,13H2,1H3. The van der Waals surface area contributed by atoms with Crippen LogP contribution in [0.25, 0.3) is 0 Å². The lowest BCUT2D eigenvalue weighted by Gasteiger charge is -2.13. The summed E-state index contributed by atoms with van der Waals surface area (Å²) in [4.78, 5) is 4.60. The Balaban J connectivity index is 2.26. The van der Waals surface area contributed by atoms with Gasteiger partial charge in [0.25, 0.3) is 0 Å². The van der Waals surface area contributed by atoms with E-state index in [4.69, 9.17) is 15.4 Å². The number of ether oxygens (including phenoxy) is 2. The van der Waals surface area contributed by atoms with E-state index in [1.807, 2.05) is 12.1 Å². The Morgan fingerprint density at radius 2 is 2.19 bits per heavy atom. The fraction of sp³-hybridized carbons (Fsp3) is 0.455. The highest BCUT2D eigenvalue weighted by molar-refractivity contribution is 9.10. The van der Waals surface area contributed by atoms with E-state index in [0.29, 0.717) is 18.5 Å². The highest BCUT2D eigenvalue weighted by Gasteiger charge is 2.26. The summed E-state index contributed by atoms with van der Waals surface area (Å²) in [5.41, 5.74) is 0.939. The Labute approximate surface area is 103 Å². The Morgan fingerprint density at radius 3 is 2.75 bits per heavy atom. The zero-order chi connectivity index (χ0) is 11.5. The summed E-state index contributed by atoms with van der Waals surface area (Å²) in [6, 6.07) is 3.79. The van der Waals surface area contributed by atoms with Gasteiger partial charge in [-0.3, -0.25) is 4.84 Å². The molecular formula is C11H14BrNO3. The van der Waals surface area contributed by atoms with Crippen molar-refractivity contribution in [1.29, 1.82) is 0 Å². The normalized spacial score (nSPS) is 14.9. The average molecular weight is 288 g/mol. The molecule has 2 rings (SSSR count). The van der Waals surface area contributed by atoms with E-state index in [1.165, 1.54) is 0 Å². The third-order valence-corrected chi connectivity index (χ3v) is 2.94. The molecule has 1 saturated carbocycles. The van der Waals surface area contributed by atoms with Gasteiger partial charge in [-0.2, -0.15) is 0 Å². The van der Waals surface area contributed by atoms with Crippen LogP contribution in [0.4, 0.5) is 0 Å². The Morgan fingerprint density at radius 1 is 1.44 bits per heavy atom. The summed E-state index contributed by atoms with van der Waals surface area (Å²) in [5, 5.41) is 0. The van der Waals surface area contributed by atoms with Gasteiger partial charge in [0.05, 0.1) is 24.3 Å². The number of nitrogens with two attached hydrogens (primary N) is 1.